The highest BCUT2D eigenvalue weighted by atomic mass is 35.7. The number of hydrogen-bond donors (Lipinski definition) is 0. The molecule has 0 fully saturated rings. The minimum atomic E-state index is -3.91. The molecule has 0 aliphatic carbocycles. The molecule has 1 rings (SSSR count). The topological polar surface area (TPSA) is 74.1 Å². The van der Waals surface area contributed by atoms with Crippen molar-refractivity contribution in [3.05, 3.63) is 5.82 Å². The van der Waals surface area contributed by atoms with Gasteiger partial charge in [-0.05, 0) is 27.7 Å². The summed E-state index contributed by atoms with van der Waals surface area (Å²) in [4.78, 5) is 0. The van der Waals surface area contributed by atoms with E-state index in [0.717, 1.165) is 0 Å². The standard InChI is InChI=1S/C9H16ClN3O3S/c1-5-16-6-7-11-12-8(17(10,14)15)13(7)9(2,3)4/h5-6H2,1-4H3. The van der Waals surface area contributed by atoms with E-state index in [1.54, 1.807) is 0 Å². The average molecular weight is 282 g/mol. The SMILES string of the molecule is CCOCc1nnc(S(=O)(=O)Cl)n1C(C)(C)C. The highest BCUT2D eigenvalue weighted by Crippen LogP contribution is 2.23. The normalized spacial score (nSPS) is 13.0. The first-order valence-corrected chi connectivity index (χ1v) is 7.46. The van der Waals surface area contributed by atoms with Crippen LogP contribution in [-0.4, -0.2) is 29.8 Å². The summed E-state index contributed by atoms with van der Waals surface area (Å²) >= 11 is 0. The van der Waals surface area contributed by atoms with Crippen LogP contribution in [0.5, 0.6) is 0 Å². The van der Waals surface area contributed by atoms with Crippen LogP contribution in [0.15, 0.2) is 5.16 Å². The van der Waals surface area contributed by atoms with Crippen LogP contribution in [0.2, 0.25) is 0 Å². The summed E-state index contributed by atoms with van der Waals surface area (Å²) in [5, 5.41) is 7.18. The van der Waals surface area contributed by atoms with Crippen molar-refractivity contribution in [2.75, 3.05) is 6.61 Å². The molecule has 0 bridgehead atoms. The van der Waals surface area contributed by atoms with E-state index in [0.29, 0.717) is 12.4 Å². The van der Waals surface area contributed by atoms with Gasteiger partial charge in [0.2, 0.25) is 0 Å². The van der Waals surface area contributed by atoms with E-state index in [4.69, 9.17) is 15.4 Å². The van der Waals surface area contributed by atoms with Gasteiger partial charge in [0, 0.05) is 22.8 Å². The first-order valence-electron chi connectivity index (χ1n) is 5.15. The monoisotopic (exact) mass is 281 g/mol. The molecule has 0 saturated carbocycles. The van der Waals surface area contributed by atoms with Crippen LogP contribution in [0.25, 0.3) is 0 Å². The van der Waals surface area contributed by atoms with E-state index in [9.17, 15) is 8.42 Å². The second-order valence-electron chi connectivity index (χ2n) is 4.48. The van der Waals surface area contributed by atoms with Crippen molar-refractivity contribution in [3.8, 4) is 0 Å². The summed E-state index contributed by atoms with van der Waals surface area (Å²) in [6.07, 6.45) is 0. The third-order valence-electron chi connectivity index (χ3n) is 2.02. The third-order valence-corrected chi connectivity index (χ3v) is 3.14. The molecule has 1 aromatic heterocycles. The van der Waals surface area contributed by atoms with Gasteiger partial charge in [-0.3, -0.25) is 4.57 Å². The predicted molar refractivity (Wildman–Crippen MR) is 63.4 cm³/mol. The molecule has 98 valence electrons. The van der Waals surface area contributed by atoms with Crippen LogP contribution in [0.1, 0.15) is 33.5 Å². The Morgan fingerprint density at radius 3 is 2.35 bits per heavy atom. The van der Waals surface area contributed by atoms with Crippen molar-refractivity contribution in [1.29, 1.82) is 0 Å². The maximum Gasteiger partial charge on any atom is 0.296 e. The van der Waals surface area contributed by atoms with Crippen LogP contribution in [0.3, 0.4) is 0 Å². The summed E-state index contributed by atoms with van der Waals surface area (Å²) < 4.78 is 29.5. The maximum absolute atomic E-state index is 11.4. The molecular formula is C9H16ClN3O3S. The Labute approximate surface area is 105 Å². The van der Waals surface area contributed by atoms with E-state index in [1.165, 1.54) is 4.57 Å². The van der Waals surface area contributed by atoms with Gasteiger partial charge in [0.15, 0.2) is 5.82 Å². The predicted octanol–water partition coefficient (Wildman–Crippen LogP) is 1.50. The fourth-order valence-corrected chi connectivity index (χ4v) is 2.45. The molecule has 0 aliphatic rings. The first-order chi connectivity index (χ1) is 7.68. The van der Waals surface area contributed by atoms with Gasteiger partial charge >= 0.3 is 0 Å². The molecule has 1 heterocycles. The minimum Gasteiger partial charge on any atom is -0.374 e. The van der Waals surface area contributed by atoms with Gasteiger partial charge in [-0.1, -0.05) is 0 Å². The Bertz CT molecular complexity index is 490. The van der Waals surface area contributed by atoms with E-state index < -0.39 is 14.6 Å². The molecule has 0 unspecified atom stereocenters. The molecule has 8 heteroatoms. The van der Waals surface area contributed by atoms with Crippen LogP contribution < -0.4 is 0 Å². The zero-order chi connectivity index (χ0) is 13.3. The molecule has 0 aliphatic heterocycles. The van der Waals surface area contributed by atoms with Gasteiger partial charge in [-0.15, -0.1) is 10.2 Å². The number of rotatable bonds is 4. The summed E-state index contributed by atoms with van der Waals surface area (Å²) in [5.41, 5.74) is -0.493. The lowest BCUT2D eigenvalue weighted by molar-refractivity contribution is 0.120. The zero-order valence-corrected chi connectivity index (χ0v) is 11.8. The molecule has 0 saturated heterocycles. The number of nitrogens with zero attached hydrogens (tertiary/aromatic N) is 3. The Kier molecular flexibility index (Phi) is 4.16. The van der Waals surface area contributed by atoms with Crippen molar-refractivity contribution >= 4 is 19.7 Å². The number of halogens is 1. The fourth-order valence-electron chi connectivity index (χ4n) is 1.42. The highest BCUT2D eigenvalue weighted by Gasteiger charge is 2.29. The average Bonchev–Trinajstić information content (AvgIpc) is 2.56. The lowest BCUT2D eigenvalue weighted by Crippen LogP contribution is -2.27. The van der Waals surface area contributed by atoms with Gasteiger partial charge in [0.1, 0.15) is 6.61 Å². The van der Waals surface area contributed by atoms with Gasteiger partial charge in [-0.2, -0.15) is 0 Å². The molecule has 0 spiro atoms. The van der Waals surface area contributed by atoms with Crippen molar-refractivity contribution in [2.24, 2.45) is 0 Å². The van der Waals surface area contributed by atoms with Gasteiger partial charge in [0.05, 0.1) is 0 Å². The van der Waals surface area contributed by atoms with Crippen molar-refractivity contribution < 1.29 is 13.2 Å². The van der Waals surface area contributed by atoms with E-state index >= 15 is 0 Å². The fraction of sp³-hybridized carbons (Fsp3) is 0.778. The van der Waals surface area contributed by atoms with Crippen molar-refractivity contribution in [2.45, 2.75) is 45.0 Å². The van der Waals surface area contributed by atoms with Crippen LogP contribution in [-0.2, 0) is 25.9 Å². The van der Waals surface area contributed by atoms with E-state index in [-0.39, 0.29) is 11.8 Å². The summed E-state index contributed by atoms with van der Waals surface area (Å²) in [5.74, 6) is 0.443. The second-order valence-corrected chi connectivity index (χ2v) is 6.94. The number of ether oxygens (including phenoxy) is 1. The smallest absolute Gasteiger partial charge is 0.296 e. The van der Waals surface area contributed by atoms with Crippen molar-refractivity contribution in [1.82, 2.24) is 14.8 Å². The van der Waals surface area contributed by atoms with Gasteiger partial charge in [0.25, 0.3) is 14.2 Å². The highest BCUT2D eigenvalue weighted by molar-refractivity contribution is 8.13. The molecule has 0 N–H and O–H groups in total. The van der Waals surface area contributed by atoms with Gasteiger partial charge in [-0.25, -0.2) is 8.42 Å². The van der Waals surface area contributed by atoms with E-state index in [2.05, 4.69) is 10.2 Å². The zero-order valence-electron chi connectivity index (χ0n) is 10.3. The van der Waals surface area contributed by atoms with Gasteiger partial charge < -0.3 is 4.74 Å². The molecule has 0 atom stereocenters. The van der Waals surface area contributed by atoms with Crippen LogP contribution >= 0.6 is 10.7 Å². The summed E-state index contributed by atoms with van der Waals surface area (Å²) in [6, 6.07) is 0. The van der Waals surface area contributed by atoms with Crippen LogP contribution in [0.4, 0.5) is 0 Å². The Morgan fingerprint density at radius 1 is 1.35 bits per heavy atom. The third kappa shape index (κ3) is 3.40. The van der Waals surface area contributed by atoms with Crippen molar-refractivity contribution in [3.63, 3.8) is 0 Å². The lowest BCUT2D eigenvalue weighted by Gasteiger charge is -2.23. The minimum absolute atomic E-state index is 0.202. The maximum atomic E-state index is 11.4. The largest absolute Gasteiger partial charge is 0.374 e. The van der Waals surface area contributed by atoms with E-state index in [1.807, 2.05) is 27.7 Å². The summed E-state index contributed by atoms with van der Waals surface area (Å²) in [6.45, 7) is 8.09. The molecular weight excluding hydrogens is 266 g/mol. The first kappa shape index (κ1) is 14.4. The Balaban J connectivity index is 3.31. The second kappa shape index (κ2) is 4.91. The lowest BCUT2D eigenvalue weighted by atomic mass is 10.1. The van der Waals surface area contributed by atoms with Crippen LogP contribution in [0, 0.1) is 0 Å². The number of hydrogen-bond acceptors (Lipinski definition) is 5. The molecule has 0 radical (unpaired) electrons. The Morgan fingerprint density at radius 2 is 1.94 bits per heavy atom. The number of aromatic nitrogens is 3. The molecule has 0 amide bonds. The Hall–Kier alpha value is -0.660. The molecule has 6 nitrogen and oxygen atoms in total. The summed E-state index contributed by atoms with van der Waals surface area (Å²) in [7, 11) is 1.41. The molecule has 0 aromatic carbocycles. The molecule has 17 heavy (non-hydrogen) atoms. The molecule has 1 aromatic rings. The quantitative estimate of drug-likeness (QED) is 0.782.